The average Bonchev–Trinajstić information content (AvgIpc) is 3.02. The number of carbonyl (C=O) groups excluding carboxylic acids is 1. The molecule has 21 heavy (non-hydrogen) atoms. The van der Waals surface area contributed by atoms with Crippen molar-refractivity contribution in [2.75, 3.05) is 19.7 Å². The first kappa shape index (κ1) is 14.6. The van der Waals surface area contributed by atoms with E-state index in [9.17, 15) is 14.7 Å². The largest absolute Gasteiger partial charge is 0.481 e. The number of nitrogens with zero attached hydrogens (tertiary/aromatic N) is 1. The molecule has 0 radical (unpaired) electrons. The predicted molar refractivity (Wildman–Crippen MR) is 76.0 cm³/mol. The van der Waals surface area contributed by atoms with Gasteiger partial charge in [-0.05, 0) is 39.0 Å². The van der Waals surface area contributed by atoms with Crippen LogP contribution in [0.5, 0.6) is 0 Å². The van der Waals surface area contributed by atoms with Gasteiger partial charge in [-0.3, -0.25) is 4.79 Å². The van der Waals surface area contributed by atoms with Crippen LogP contribution < -0.4 is 5.32 Å². The minimum atomic E-state index is -0.746. The molecular formula is C15H24N2O4. The normalized spacial score (nSPS) is 37.5. The lowest BCUT2D eigenvalue weighted by Crippen LogP contribution is -2.51. The van der Waals surface area contributed by atoms with Gasteiger partial charge in [-0.2, -0.15) is 0 Å². The molecule has 2 N–H and O–H groups in total. The summed E-state index contributed by atoms with van der Waals surface area (Å²) in [6.07, 6.45) is 3.36. The smallest absolute Gasteiger partial charge is 0.317 e. The molecule has 0 aromatic heterocycles. The van der Waals surface area contributed by atoms with Crippen molar-refractivity contribution in [1.29, 1.82) is 0 Å². The van der Waals surface area contributed by atoms with E-state index in [4.69, 9.17) is 4.74 Å². The number of likely N-dealkylation sites (tertiary alicyclic amines) is 1. The molecule has 1 aliphatic carbocycles. The molecule has 0 aromatic rings. The standard InChI is InChI=1S/C15H24N2O4/c1-14(2)11(5-7-21-14)16-13(20)17-8-10-4-3-6-15(10,9-17)12(18)19/h10-11H,3-9H2,1-2H3,(H,16,20)(H,18,19)/t10-,11?,15+/m0/s1. The molecule has 2 heterocycles. The number of ether oxygens (including phenoxy) is 1. The maximum absolute atomic E-state index is 12.5. The maximum atomic E-state index is 12.5. The van der Waals surface area contributed by atoms with Crippen molar-refractivity contribution in [2.24, 2.45) is 11.3 Å². The third-order valence-electron chi connectivity index (χ3n) is 5.60. The second-order valence-corrected chi connectivity index (χ2v) is 7.17. The number of fused-ring (bicyclic) bond motifs is 1. The Morgan fingerprint density at radius 1 is 1.33 bits per heavy atom. The number of carboxylic acids is 1. The molecule has 2 aliphatic heterocycles. The van der Waals surface area contributed by atoms with Crippen molar-refractivity contribution in [2.45, 2.75) is 51.2 Å². The summed E-state index contributed by atoms with van der Waals surface area (Å²) in [4.78, 5) is 25.8. The summed E-state index contributed by atoms with van der Waals surface area (Å²) >= 11 is 0. The fraction of sp³-hybridized carbons (Fsp3) is 0.867. The molecule has 2 saturated heterocycles. The van der Waals surface area contributed by atoms with Crippen molar-refractivity contribution in [3.63, 3.8) is 0 Å². The molecule has 3 atom stereocenters. The Kier molecular flexibility index (Phi) is 3.39. The van der Waals surface area contributed by atoms with Crippen molar-refractivity contribution >= 4 is 12.0 Å². The highest BCUT2D eigenvalue weighted by molar-refractivity contribution is 5.80. The highest BCUT2D eigenvalue weighted by Crippen LogP contribution is 2.48. The summed E-state index contributed by atoms with van der Waals surface area (Å²) in [7, 11) is 0. The molecule has 6 nitrogen and oxygen atoms in total. The summed E-state index contributed by atoms with van der Waals surface area (Å²) in [5, 5.41) is 12.6. The summed E-state index contributed by atoms with van der Waals surface area (Å²) in [5.74, 6) is -0.640. The predicted octanol–water partition coefficient (Wildman–Crippen LogP) is 1.45. The van der Waals surface area contributed by atoms with Crippen LogP contribution in [0.25, 0.3) is 0 Å². The third-order valence-corrected chi connectivity index (χ3v) is 5.60. The number of amides is 2. The Labute approximate surface area is 124 Å². The topological polar surface area (TPSA) is 78.9 Å². The third kappa shape index (κ3) is 2.29. The maximum Gasteiger partial charge on any atom is 0.317 e. The molecule has 0 spiro atoms. The molecule has 3 rings (SSSR count). The van der Waals surface area contributed by atoms with Gasteiger partial charge in [0.15, 0.2) is 0 Å². The number of rotatable bonds is 2. The zero-order valence-electron chi connectivity index (χ0n) is 12.7. The van der Waals surface area contributed by atoms with Gasteiger partial charge in [0.05, 0.1) is 17.1 Å². The summed E-state index contributed by atoms with van der Waals surface area (Å²) in [6, 6.07) is -0.153. The van der Waals surface area contributed by atoms with Crippen molar-refractivity contribution in [3.05, 3.63) is 0 Å². The van der Waals surface area contributed by atoms with Gasteiger partial charge in [-0.1, -0.05) is 6.42 Å². The minimum absolute atomic E-state index is 0.00813. The quantitative estimate of drug-likeness (QED) is 0.808. The highest BCUT2D eigenvalue weighted by Gasteiger charge is 2.56. The molecule has 1 unspecified atom stereocenters. The van der Waals surface area contributed by atoms with Gasteiger partial charge in [0, 0.05) is 19.7 Å². The molecule has 2 amide bonds. The first-order valence-corrected chi connectivity index (χ1v) is 7.78. The van der Waals surface area contributed by atoms with E-state index < -0.39 is 11.4 Å². The number of aliphatic carboxylic acids is 1. The fourth-order valence-electron chi connectivity index (χ4n) is 4.17. The van der Waals surface area contributed by atoms with Crippen LogP contribution >= 0.6 is 0 Å². The van der Waals surface area contributed by atoms with E-state index in [0.29, 0.717) is 26.1 Å². The molecule has 6 heteroatoms. The summed E-state index contributed by atoms with van der Waals surface area (Å²) in [5.41, 5.74) is -1.06. The number of urea groups is 1. The zero-order chi connectivity index (χ0) is 15.3. The van der Waals surface area contributed by atoms with Gasteiger partial charge in [-0.15, -0.1) is 0 Å². The zero-order valence-corrected chi connectivity index (χ0v) is 12.7. The van der Waals surface area contributed by atoms with Gasteiger partial charge >= 0.3 is 12.0 Å². The van der Waals surface area contributed by atoms with Crippen molar-refractivity contribution in [3.8, 4) is 0 Å². The average molecular weight is 296 g/mol. The second kappa shape index (κ2) is 4.87. The minimum Gasteiger partial charge on any atom is -0.481 e. The van der Waals surface area contributed by atoms with Gasteiger partial charge in [0.1, 0.15) is 0 Å². The molecule has 118 valence electrons. The van der Waals surface area contributed by atoms with E-state index in [1.165, 1.54) is 0 Å². The van der Waals surface area contributed by atoms with Crippen LogP contribution in [0.4, 0.5) is 4.79 Å². The first-order chi connectivity index (χ1) is 9.85. The van der Waals surface area contributed by atoms with E-state index in [1.807, 2.05) is 13.8 Å². The van der Waals surface area contributed by atoms with Crippen LogP contribution in [0.1, 0.15) is 39.5 Å². The molecule has 3 fully saturated rings. The van der Waals surface area contributed by atoms with Gasteiger partial charge < -0.3 is 20.1 Å². The second-order valence-electron chi connectivity index (χ2n) is 7.17. The van der Waals surface area contributed by atoms with E-state index >= 15 is 0 Å². The SMILES string of the molecule is CC1(C)OCCC1NC(=O)N1C[C@@H]2CCC[C@@]2(C(=O)O)C1. The fourth-order valence-corrected chi connectivity index (χ4v) is 4.17. The van der Waals surface area contributed by atoms with Crippen molar-refractivity contribution in [1.82, 2.24) is 10.2 Å². The van der Waals surface area contributed by atoms with Crippen LogP contribution in [-0.2, 0) is 9.53 Å². The van der Waals surface area contributed by atoms with Crippen LogP contribution in [0, 0.1) is 11.3 Å². The summed E-state index contributed by atoms with van der Waals surface area (Å²) < 4.78 is 5.62. The van der Waals surface area contributed by atoms with Gasteiger partial charge in [-0.25, -0.2) is 4.79 Å². The van der Waals surface area contributed by atoms with Gasteiger partial charge in [0.25, 0.3) is 0 Å². The van der Waals surface area contributed by atoms with E-state index in [2.05, 4.69) is 5.32 Å². The Hall–Kier alpha value is -1.30. The molecular weight excluding hydrogens is 272 g/mol. The Morgan fingerprint density at radius 2 is 2.10 bits per heavy atom. The van der Waals surface area contributed by atoms with Crippen molar-refractivity contribution < 1.29 is 19.4 Å². The molecule has 3 aliphatic rings. The van der Waals surface area contributed by atoms with Crippen LogP contribution in [0.2, 0.25) is 0 Å². The molecule has 0 aromatic carbocycles. The van der Waals surface area contributed by atoms with Crippen LogP contribution in [0.15, 0.2) is 0 Å². The Balaban J connectivity index is 1.66. The number of hydrogen-bond donors (Lipinski definition) is 2. The van der Waals surface area contributed by atoms with Gasteiger partial charge in [0.2, 0.25) is 0 Å². The monoisotopic (exact) mass is 296 g/mol. The number of hydrogen-bond acceptors (Lipinski definition) is 3. The summed E-state index contributed by atoms with van der Waals surface area (Å²) in [6.45, 7) is 5.50. The lowest BCUT2D eigenvalue weighted by molar-refractivity contribution is -0.149. The molecule has 0 bridgehead atoms. The Morgan fingerprint density at radius 3 is 2.67 bits per heavy atom. The van der Waals surface area contributed by atoms with Crippen LogP contribution in [-0.4, -0.2) is 53.3 Å². The lowest BCUT2D eigenvalue weighted by atomic mass is 9.81. The Bertz CT molecular complexity index is 465. The van der Waals surface area contributed by atoms with Crippen LogP contribution in [0.3, 0.4) is 0 Å². The molecule has 1 saturated carbocycles. The number of carboxylic acid groups (broad SMARTS) is 1. The number of nitrogens with one attached hydrogen (secondary N) is 1. The lowest BCUT2D eigenvalue weighted by Gasteiger charge is -2.29. The first-order valence-electron chi connectivity index (χ1n) is 7.78. The highest BCUT2D eigenvalue weighted by atomic mass is 16.5. The van der Waals surface area contributed by atoms with E-state index in [-0.39, 0.29) is 23.6 Å². The van der Waals surface area contributed by atoms with E-state index in [1.54, 1.807) is 4.90 Å². The number of carbonyl (C=O) groups is 2. The van der Waals surface area contributed by atoms with E-state index in [0.717, 1.165) is 19.3 Å².